The molecular weight excluding hydrogens is 427 g/mol. The van der Waals surface area contributed by atoms with Gasteiger partial charge in [0.05, 0.1) is 36.6 Å². The Labute approximate surface area is 165 Å². The third-order valence-corrected chi connectivity index (χ3v) is 6.29. The molecule has 25 heavy (non-hydrogen) atoms. The first-order chi connectivity index (χ1) is 11.9. The minimum Gasteiger partial charge on any atom is -0.468 e. The molecule has 0 bridgehead atoms. The highest BCUT2D eigenvalue weighted by Crippen LogP contribution is 2.32. The fourth-order valence-electron chi connectivity index (χ4n) is 2.10. The number of thiazole rings is 1. The van der Waals surface area contributed by atoms with Crippen molar-refractivity contribution in [2.45, 2.75) is 6.54 Å². The maximum Gasteiger partial charge on any atom is 0.325 e. The summed E-state index contributed by atoms with van der Waals surface area (Å²) in [6.07, 6.45) is 0. The van der Waals surface area contributed by atoms with E-state index in [-0.39, 0.29) is 11.6 Å². The number of aromatic nitrogens is 1. The zero-order valence-electron chi connectivity index (χ0n) is 12.6. The van der Waals surface area contributed by atoms with Crippen molar-refractivity contribution in [1.82, 2.24) is 4.57 Å². The van der Waals surface area contributed by atoms with Gasteiger partial charge in [0.1, 0.15) is 6.54 Å². The summed E-state index contributed by atoms with van der Waals surface area (Å²) in [5.74, 6) is -0.951. The fraction of sp³-hybridized carbons (Fsp3) is 0.133. The number of hydrogen-bond acceptors (Lipinski definition) is 5. The number of carbonyl (C=O) groups is 2. The summed E-state index contributed by atoms with van der Waals surface area (Å²) in [4.78, 5) is 29.0. The Kier molecular flexibility index (Phi) is 5.50. The van der Waals surface area contributed by atoms with Crippen LogP contribution in [0.5, 0.6) is 0 Å². The van der Waals surface area contributed by atoms with Gasteiger partial charge >= 0.3 is 5.97 Å². The van der Waals surface area contributed by atoms with Gasteiger partial charge in [0.2, 0.25) is 0 Å². The van der Waals surface area contributed by atoms with E-state index in [0.717, 1.165) is 16.0 Å². The van der Waals surface area contributed by atoms with Crippen LogP contribution in [-0.2, 0) is 16.1 Å². The predicted molar refractivity (Wildman–Crippen MR) is 101 cm³/mol. The molecule has 0 radical (unpaired) electrons. The number of fused-ring (bicyclic) bond motifs is 1. The van der Waals surface area contributed by atoms with E-state index < -0.39 is 11.9 Å². The zero-order valence-corrected chi connectivity index (χ0v) is 16.5. The van der Waals surface area contributed by atoms with Crippen LogP contribution in [0.4, 0.5) is 0 Å². The number of nitrogens with zero attached hydrogens (tertiary/aromatic N) is 2. The number of hydrogen-bond donors (Lipinski definition) is 0. The highest BCUT2D eigenvalue weighted by atomic mass is 35.5. The maximum absolute atomic E-state index is 12.4. The Bertz CT molecular complexity index is 1050. The zero-order chi connectivity index (χ0) is 18.1. The number of carbonyl (C=O) groups excluding carboxylic acids is 2. The largest absolute Gasteiger partial charge is 0.468 e. The lowest BCUT2D eigenvalue weighted by Crippen LogP contribution is -2.22. The summed E-state index contributed by atoms with van der Waals surface area (Å²) in [6, 6.07) is 6.63. The first-order valence-corrected chi connectivity index (χ1v) is 9.56. The van der Waals surface area contributed by atoms with Crippen LogP contribution < -0.4 is 4.80 Å². The molecular formula is C15H9Cl3N2O3S2. The molecule has 1 amide bonds. The van der Waals surface area contributed by atoms with Gasteiger partial charge in [-0.1, -0.05) is 46.1 Å². The number of esters is 1. The van der Waals surface area contributed by atoms with Crippen LogP contribution in [0.15, 0.2) is 29.3 Å². The van der Waals surface area contributed by atoms with Gasteiger partial charge in [0.15, 0.2) is 4.80 Å². The normalized spacial score (nSPS) is 11.9. The molecule has 0 spiro atoms. The van der Waals surface area contributed by atoms with Crippen LogP contribution in [-0.4, -0.2) is 23.6 Å². The first-order valence-electron chi connectivity index (χ1n) is 6.79. The van der Waals surface area contributed by atoms with E-state index in [4.69, 9.17) is 39.5 Å². The summed E-state index contributed by atoms with van der Waals surface area (Å²) in [6.45, 7) is -0.145. The van der Waals surface area contributed by atoms with Gasteiger partial charge in [-0.15, -0.1) is 11.3 Å². The van der Waals surface area contributed by atoms with Gasteiger partial charge < -0.3 is 9.30 Å². The Morgan fingerprint density at radius 1 is 1.16 bits per heavy atom. The molecule has 0 fully saturated rings. The molecule has 0 aliphatic heterocycles. The smallest absolute Gasteiger partial charge is 0.325 e. The standard InChI is InChI=1S/C15H9Cl3N2O3S2/c1-23-11(21)6-20-13-8(3-2-7(16)12(13)18)25-15(20)19-14(22)9-4-5-10(17)24-9/h2-5H,6H2,1H3. The molecule has 0 atom stereocenters. The van der Waals surface area contributed by atoms with Crippen molar-refractivity contribution < 1.29 is 14.3 Å². The van der Waals surface area contributed by atoms with Crippen molar-refractivity contribution in [2.75, 3.05) is 7.11 Å². The molecule has 0 saturated carbocycles. The SMILES string of the molecule is COC(=O)Cn1c(=NC(=O)c2ccc(Cl)s2)sc2ccc(Cl)c(Cl)c21. The van der Waals surface area contributed by atoms with Crippen LogP contribution >= 0.6 is 57.5 Å². The van der Waals surface area contributed by atoms with Gasteiger partial charge in [-0.05, 0) is 24.3 Å². The molecule has 0 aliphatic rings. The number of rotatable bonds is 3. The van der Waals surface area contributed by atoms with Gasteiger partial charge in [-0.25, -0.2) is 0 Å². The summed E-state index contributed by atoms with van der Waals surface area (Å²) in [5, 5.41) is 0.626. The van der Waals surface area contributed by atoms with Crippen molar-refractivity contribution in [3.63, 3.8) is 0 Å². The third kappa shape index (κ3) is 3.75. The lowest BCUT2D eigenvalue weighted by atomic mass is 10.3. The molecule has 3 aromatic rings. The Hall–Kier alpha value is -1.38. The van der Waals surface area contributed by atoms with Crippen molar-refractivity contribution in [3.8, 4) is 0 Å². The van der Waals surface area contributed by atoms with Crippen LogP contribution in [0.1, 0.15) is 9.67 Å². The molecule has 3 rings (SSSR count). The predicted octanol–water partition coefficient (Wildman–Crippen LogP) is 4.64. The number of ether oxygens (including phenoxy) is 1. The van der Waals surface area contributed by atoms with Gasteiger partial charge in [0.25, 0.3) is 5.91 Å². The molecule has 2 aromatic heterocycles. The lowest BCUT2D eigenvalue weighted by molar-refractivity contribution is -0.141. The van der Waals surface area contributed by atoms with Crippen molar-refractivity contribution in [2.24, 2.45) is 4.99 Å². The van der Waals surface area contributed by atoms with E-state index in [9.17, 15) is 9.59 Å². The highest BCUT2D eigenvalue weighted by molar-refractivity contribution is 7.18. The molecule has 2 heterocycles. The summed E-state index contributed by atoms with van der Waals surface area (Å²) in [7, 11) is 1.28. The van der Waals surface area contributed by atoms with Crippen LogP contribution in [0.25, 0.3) is 10.2 Å². The molecule has 10 heteroatoms. The summed E-state index contributed by atoms with van der Waals surface area (Å²) < 4.78 is 7.48. The average molecular weight is 436 g/mol. The quantitative estimate of drug-likeness (QED) is 0.563. The fourth-order valence-corrected chi connectivity index (χ4v) is 4.54. The van der Waals surface area contributed by atoms with E-state index in [1.165, 1.54) is 23.0 Å². The van der Waals surface area contributed by atoms with Crippen molar-refractivity contribution >= 4 is 79.6 Å². The van der Waals surface area contributed by atoms with Crippen LogP contribution in [0, 0.1) is 0 Å². The molecule has 130 valence electrons. The Morgan fingerprint density at radius 3 is 2.56 bits per heavy atom. The highest BCUT2D eigenvalue weighted by Gasteiger charge is 2.17. The topological polar surface area (TPSA) is 60.7 Å². The van der Waals surface area contributed by atoms with Crippen LogP contribution in [0.3, 0.4) is 0 Å². The minimum atomic E-state index is -0.496. The van der Waals surface area contributed by atoms with Gasteiger partial charge in [0, 0.05) is 0 Å². The van der Waals surface area contributed by atoms with Gasteiger partial charge in [-0.3, -0.25) is 9.59 Å². The summed E-state index contributed by atoms with van der Waals surface area (Å²) >= 11 is 20.6. The van der Waals surface area contributed by atoms with Gasteiger partial charge in [-0.2, -0.15) is 4.99 Å². The Morgan fingerprint density at radius 2 is 1.92 bits per heavy atom. The first kappa shape index (κ1) is 18.4. The maximum atomic E-state index is 12.4. The molecule has 1 aromatic carbocycles. The van der Waals surface area contributed by atoms with E-state index in [1.807, 2.05) is 0 Å². The second kappa shape index (κ2) is 7.47. The third-order valence-electron chi connectivity index (χ3n) is 3.23. The molecule has 0 saturated heterocycles. The molecule has 0 N–H and O–H groups in total. The van der Waals surface area contributed by atoms with E-state index in [0.29, 0.717) is 24.6 Å². The van der Waals surface area contributed by atoms with E-state index in [2.05, 4.69) is 4.99 Å². The van der Waals surface area contributed by atoms with E-state index >= 15 is 0 Å². The molecule has 0 aliphatic carbocycles. The van der Waals surface area contributed by atoms with Crippen molar-refractivity contribution in [1.29, 1.82) is 0 Å². The molecule has 5 nitrogen and oxygen atoms in total. The number of methoxy groups -OCH3 is 1. The monoisotopic (exact) mass is 434 g/mol. The van der Waals surface area contributed by atoms with Crippen molar-refractivity contribution in [3.05, 3.63) is 48.3 Å². The minimum absolute atomic E-state index is 0.145. The number of amides is 1. The second-order valence-electron chi connectivity index (χ2n) is 4.78. The average Bonchev–Trinajstić information content (AvgIpc) is 3.16. The number of thiophene rings is 1. The molecule has 0 unspecified atom stereocenters. The Balaban J connectivity index is 2.21. The number of benzene rings is 1. The summed E-state index contributed by atoms with van der Waals surface area (Å²) in [5.41, 5.74) is 0.528. The number of halogens is 3. The van der Waals surface area contributed by atoms with Crippen LogP contribution in [0.2, 0.25) is 14.4 Å². The van der Waals surface area contributed by atoms with E-state index in [1.54, 1.807) is 24.3 Å². The lowest BCUT2D eigenvalue weighted by Gasteiger charge is -2.05. The second-order valence-corrected chi connectivity index (χ2v) is 8.29.